The first-order valence-electron chi connectivity index (χ1n) is 11.0. The van der Waals surface area contributed by atoms with Crippen LogP contribution in [0.5, 0.6) is 5.75 Å². The summed E-state index contributed by atoms with van der Waals surface area (Å²) in [4.78, 5) is 31.7. The van der Waals surface area contributed by atoms with Gasteiger partial charge in [-0.3, -0.25) is 9.36 Å². The monoisotopic (exact) mass is 496 g/mol. The van der Waals surface area contributed by atoms with Gasteiger partial charge >= 0.3 is 5.97 Å². The van der Waals surface area contributed by atoms with E-state index in [1.807, 2.05) is 62.4 Å². The molecule has 0 aliphatic carbocycles. The lowest BCUT2D eigenvalue weighted by Crippen LogP contribution is -2.40. The molecule has 34 heavy (non-hydrogen) atoms. The summed E-state index contributed by atoms with van der Waals surface area (Å²) in [7, 11) is 0. The molecule has 0 unspecified atom stereocenters. The summed E-state index contributed by atoms with van der Waals surface area (Å²) >= 11 is 7.80. The lowest BCUT2D eigenvalue weighted by Gasteiger charge is -2.25. The number of esters is 1. The Balaban J connectivity index is 1.91. The van der Waals surface area contributed by atoms with Crippen LogP contribution in [-0.2, 0) is 9.53 Å². The van der Waals surface area contributed by atoms with E-state index in [0.29, 0.717) is 31.2 Å². The lowest BCUT2D eigenvalue weighted by molar-refractivity contribution is -0.139. The van der Waals surface area contributed by atoms with Crippen molar-refractivity contribution >= 4 is 35.0 Å². The average molecular weight is 497 g/mol. The fourth-order valence-corrected chi connectivity index (χ4v) is 5.17. The molecule has 3 aromatic rings. The van der Waals surface area contributed by atoms with Gasteiger partial charge in [0.1, 0.15) is 11.8 Å². The second-order valence-electron chi connectivity index (χ2n) is 8.06. The SMILES string of the molecule is CCOC(=O)C1=C(C)N=c2s/c(=C\c3cccc(OC(C)C)c3)c(=O)n2[C@H]1c1ccccc1Cl. The van der Waals surface area contributed by atoms with Crippen molar-refractivity contribution in [3.63, 3.8) is 0 Å². The average Bonchev–Trinajstić information content (AvgIpc) is 3.07. The number of carbonyl (C=O) groups is 1. The fraction of sp³-hybridized carbons (Fsp3) is 0.269. The molecule has 2 aromatic carbocycles. The van der Waals surface area contributed by atoms with Gasteiger partial charge in [0.25, 0.3) is 5.56 Å². The summed E-state index contributed by atoms with van der Waals surface area (Å²) in [5.74, 6) is 0.215. The van der Waals surface area contributed by atoms with Crippen LogP contribution in [0.1, 0.15) is 44.9 Å². The minimum Gasteiger partial charge on any atom is -0.491 e. The number of nitrogens with zero attached hydrogens (tertiary/aromatic N) is 2. The van der Waals surface area contributed by atoms with Crippen LogP contribution in [0.2, 0.25) is 5.02 Å². The Kier molecular flexibility index (Phi) is 7.05. The third-order valence-corrected chi connectivity index (χ3v) is 6.57. The first-order chi connectivity index (χ1) is 16.3. The lowest BCUT2D eigenvalue weighted by atomic mass is 9.96. The summed E-state index contributed by atoms with van der Waals surface area (Å²) in [5.41, 5.74) is 2.03. The second-order valence-corrected chi connectivity index (χ2v) is 9.48. The van der Waals surface area contributed by atoms with Crippen LogP contribution in [0.15, 0.2) is 69.6 Å². The van der Waals surface area contributed by atoms with E-state index in [1.165, 1.54) is 15.9 Å². The van der Waals surface area contributed by atoms with E-state index in [4.69, 9.17) is 21.1 Å². The molecular formula is C26H25ClN2O4S. The zero-order valence-electron chi connectivity index (χ0n) is 19.4. The van der Waals surface area contributed by atoms with Crippen molar-refractivity contribution in [3.8, 4) is 5.75 Å². The van der Waals surface area contributed by atoms with Gasteiger partial charge in [-0.05, 0) is 63.1 Å². The Labute approximate surface area is 206 Å². The first kappa shape index (κ1) is 24.0. The molecule has 4 rings (SSSR count). The molecule has 0 saturated heterocycles. The summed E-state index contributed by atoms with van der Waals surface area (Å²) in [6, 6.07) is 14.0. The number of hydrogen-bond donors (Lipinski definition) is 0. The van der Waals surface area contributed by atoms with Gasteiger partial charge in [0, 0.05) is 5.02 Å². The topological polar surface area (TPSA) is 69.9 Å². The number of benzene rings is 2. The molecule has 0 bridgehead atoms. The molecular weight excluding hydrogens is 472 g/mol. The maximum atomic E-state index is 13.6. The number of thiazole rings is 1. The quantitative estimate of drug-likeness (QED) is 0.479. The zero-order valence-corrected chi connectivity index (χ0v) is 20.9. The maximum absolute atomic E-state index is 13.6. The highest BCUT2D eigenvalue weighted by Crippen LogP contribution is 2.34. The summed E-state index contributed by atoms with van der Waals surface area (Å²) in [6.07, 6.45) is 1.85. The van der Waals surface area contributed by atoms with E-state index in [9.17, 15) is 9.59 Å². The highest BCUT2D eigenvalue weighted by molar-refractivity contribution is 7.07. The number of allylic oxidation sites excluding steroid dienone is 1. The number of hydrogen-bond acceptors (Lipinski definition) is 6. The maximum Gasteiger partial charge on any atom is 0.338 e. The number of carbonyl (C=O) groups excluding carboxylic acids is 1. The van der Waals surface area contributed by atoms with E-state index in [0.717, 1.165) is 11.3 Å². The molecule has 2 heterocycles. The van der Waals surface area contributed by atoms with Gasteiger partial charge in [0.15, 0.2) is 4.80 Å². The largest absolute Gasteiger partial charge is 0.491 e. The van der Waals surface area contributed by atoms with Crippen molar-refractivity contribution in [1.29, 1.82) is 0 Å². The fourth-order valence-electron chi connectivity index (χ4n) is 3.88. The van der Waals surface area contributed by atoms with E-state index in [1.54, 1.807) is 19.9 Å². The molecule has 0 radical (unpaired) electrons. The van der Waals surface area contributed by atoms with E-state index in [2.05, 4.69) is 4.99 Å². The summed E-state index contributed by atoms with van der Waals surface area (Å²) in [6.45, 7) is 7.63. The van der Waals surface area contributed by atoms with Crippen LogP contribution in [0.3, 0.4) is 0 Å². The molecule has 0 fully saturated rings. The van der Waals surface area contributed by atoms with Gasteiger partial charge in [-0.15, -0.1) is 0 Å². The van der Waals surface area contributed by atoms with Crippen molar-refractivity contribution in [3.05, 3.63) is 95.6 Å². The molecule has 0 N–H and O–H groups in total. The summed E-state index contributed by atoms with van der Waals surface area (Å²) < 4.78 is 13.1. The molecule has 0 amide bonds. The Morgan fingerprint density at radius 3 is 2.71 bits per heavy atom. The molecule has 1 atom stereocenters. The van der Waals surface area contributed by atoms with Gasteiger partial charge in [0.2, 0.25) is 0 Å². The molecule has 0 saturated carbocycles. The van der Waals surface area contributed by atoms with Gasteiger partial charge in [-0.1, -0.05) is 53.3 Å². The normalized spacial score (nSPS) is 15.8. The highest BCUT2D eigenvalue weighted by atomic mass is 35.5. The number of rotatable bonds is 6. The Morgan fingerprint density at radius 1 is 1.24 bits per heavy atom. The Morgan fingerprint density at radius 2 is 2.00 bits per heavy atom. The summed E-state index contributed by atoms with van der Waals surface area (Å²) in [5, 5.41) is 0.456. The predicted octanol–water partition coefficient (Wildman–Crippen LogP) is 4.24. The van der Waals surface area contributed by atoms with Crippen LogP contribution >= 0.6 is 22.9 Å². The number of ether oxygens (including phenoxy) is 2. The number of aromatic nitrogens is 1. The van der Waals surface area contributed by atoms with Crippen LogP contribution in [0.25, 0.3) is 6.08 Å². The third kappa shape index (κ3) is 4.72. The van der Waals surface area contributed by atoms with E-state index >= 15 is 0 Å². The Hall–Kier alpha value is -3.16. The van der Waals surface area contributed by atoms with Crippen molar-refractivity contribution < 1.29 is 14.3 Å². The third-order valence-electron chi connectivity index (χ3n) is 5.24. The van der Waals surface area contributed by atoms with Crippen LogP contribution < -0.4 is 19.6 Å². The highest BCUT2D eigenvalue weighted by Gasteiger charge is 2.34. The van der Waals surface area contributed by atoms with Crippen molar-refractivity contribution in [2.75, 3.05) is 6.61 Å². The van der Waals surface area contributed by atoms with Gasteiger partial charge in [-0.25, -0.2) is 9.79 Å². The van der Waals surface area contributed by atoms with Gasteiger partial charge in [-0.2, -0.15) is 0 Å². The molecule has 1 aliphatic rings. The molecule has 1 aliphatic heterocycles. The van der Waals surface area contributed by atoms with Crippen LogP contribution in [0.4, 0.5) is 0 Å². The number of fused-ring (bicyclic) bond motifs is 1. The number of halogens is 1. The van der Waals surface area contributed by atoms with E-state index in [-0.39, 0.29) is 18.3 Å². The van der Waals surface area contributed by atoms with Crippen molar-refractivity contribution in [2.45, 2.75) is 39.8 Å². The molecule has 1 aromatic heterocycles. The zero-order chi connectivity index (χ0) is 24.4. The van der Waals surface area contributed by atoms with Gasteiger partial charge < -0.3 is 9.47 Å². The van der Waals surface area contributed by atoms with Crippen molar-refractivity contribution in [1.82, 2.24) is 4.57 Å². The first-order valence-corrected chi connectivity index (χ1v) is 12.2. The van der Waals surface area contributed by atoms with Crippen LogP contribution in [0, 0.1) is 0 Å². The minimum atomic E-state index is -0.734. The predicted molar refractivity (Wildman–Crippen MR) is 134 cm³/mol. The smallest absolute Gasteiger partial charge is 0.338 e. The minimum absolute atomic E-state index is 0.0421. The van der Waals surface area contributed by atoms with E-state index < -0.39 is 12.0 Å². The Bertz CT molecular complexity index is 1450. The molecule has 8 heteroatoms. The molecule has 6 nitrogen and oxygen atoms in total. The standard InChI is InChI=1S/C26H25ClN2O4S/c1-5-32-25(31)22-16(4)28-26-29(23(22)19-11-6-7-12-20(19)27)24(30)21(34-26)14-17-9-8-10-18(13-17)33-15(2)3/h6-15,23H,5H2,1-4H3/b21-14-/t23-/m0/s1. The molecule has 176 valence electrons. The molecule has 0 spiro atoms. The second kappa shape index (κ2) is 9.99. The van der Waals surface area contributed by atoms with Crippen LogP contribution in [-0.4, -0.2) is 23.2 Å². The van der Waals surface area contributed by atoms with Gasteiger partial charge in [0.05, 0.1) is 28.5 Å². The van der Waals surface area contributed by atoms with Crippen molar-refractivity contribution in [2.24, 2.45) is 4.99 Å².